The number of amides is 2. The maximum absolute atomic E-state index is 12.9. The molecule has 1 fully saturated rings. The SMILES string of the molecule is Cl.N[C@@H]1CCN(C(=O)C(NC(=O)c2ccccc2)c2ccccc2)C1. The number of rotatable bonds is 4. The van der Waals surface area contributed by atoms with Gasteiger partial charge in [-0.2, -0.15) is 0 Å². The standard InChI is InChI=1S/C19H21N3O2.ClH/c20-16-11-12-22(13-16)19(24)17(14-7-3-1-4-8-14)21-18(23)15-9-5-2-6-10-15;/h1-10,16-17H,11-13,20H2,(H,21,23);1H/t16-,17?;/m1./s1. The molecular formula is C19H22ClN3O2. The Balaban J connectivity index is 0.00000225. The monoisotopic (exact) mass is 359 g/mol. The zero-order valence-corrected chi connectivity index (χ0v) is 14.6. The number of hydrogen-bond acceptors (Lipinski definition) is 3. The van der Waals surface area contributed by atoms with Crippen LogP contribution in [0.2, 0.25) is 0 Å². The van der Waals surface area contributed by atoms with E-state index in [0.717, 1.165) is 12.0 Å². The predicted octanol–water partition coefficient (Wildman–Crippen LogP) is 2.14. The summed E-state index contributed by atoms with van der Waals surface area (Å²) in [6.07, 6.45) is 0.792. The van der Waals surface area contributed by atoms with Crippen LogP contribution < -0.4 is 11.1 Å². The highest BCUT2D eigenvalue weighted by atomic mass is 35.5. The number of carbonyl (C=O) groups excluding carboxylic acids is 2. The molecule has 0 bridgehead atoms. The summed E-state index contributed by atoms with van der Waals surface area (Å²) in [6, 6.07) is 17.5. The molecule has 1 aliphatic heterocycles. The van der Waals surface area contributed by atoms with Crippen LogP contribution in [0.5, 0.6) is 0 Å². The van der Waals surface area contributed by atoms with Crippen LogP contribution in [0.3, 0.4) is 0 Å². The van der Waals surface area contributed by atoms with Crippen molar-refractivity contribution in [3.8, 4) is 0 Å². The van der Waals surface area contributed by atoms with Gasteiger partial charge in [-0.3, -0.25) is 9.59 Å². The Morgan fingerprint density at radius 1 is 1.04 bits per heavy atom. The first-order valence-corrected chi connectivity index (χ1v) is 8.10. The summed E-state index contributed by atoms with van der Waals surface area (Å²) >= 11 is 0. The smallest absolute Gasteiger partial charge is 0.252 e. The molecule has 1 aliphatic rings. The molecule has 3 N–H and O–H groups in total. The summed E-state index contributed by atoms with van der Waals surface area (Å²) in [6.45, 7) is 1.16. The van der Waals surface area contributed by atoms with Gasteiger partial charge in [-0.25, -0.2) is 0 Å². The molecule has 0 radical (unpaired) electrons. The van der Waals surface area contributed by atoms with Gasteiger partial charge in [0.15, 0.2) is 0 Å². The quantitative estimate of drug-likeness (QED) is 0.878. The van der Waals surface area contributed by atoms with Crippen molar-refractivity contribution in [3.63, 3.8) is 0 Å². The van der Waals surface area contributed by atoms with E-state index in [-0.39, 0.29) is 30.3 Å². The van der Waals surface area contributed by atoms with Crippen molar-refractivity contribution in [2.45, 2.75) is 18.5 Å². The molecule has 5 nitrogen and oxygen atoms in total. The summed E-state index contributed by atoms with van der Waals surface area (Å²) in [5, 5.41) is 2.87. The maximum Gasteiger partial charge on any atom is 0.252 e. The minimum Gasteiger partial charge on any atom is -0.339 e. The molecule has 1 heterocycles. The van der Waals surface area contributed by atoms with Crippen molar-refractivity contribution in [2.75, 3.05) is 13.1 Å². The van der Waals surface area contributed by atoms with Crippen LogP contribution in [0.1, 0.15) is 28.4 Å². The number of nitrogens with zero attached hydrogens (tertiary/aromatic N) is 1. The van der Waals surface area contributed by atoms with Gasteiger partial charge in [0.2, 0.25) is 5.91 Å². The zero-order chi connectivity index (χ0) is 16.9. The van der Waals surface area contributed by atoms with Gasteiger partial charge in [0, 0.05) is 24.7 Å². The van der Waals surface area contributed by atoms with E-state index in [1.54, 1.807) is 29.2 Å². The van der Waals surface area contributed by atoms with Crippen molar-refractivity contribution in [1.29, 1.82) is 0 Å². The van der Waals surface area contributed by atoms with Crippen LogP contribution >= 0.6 is 12.4 Å². The molecule has 25 heavy (non-hydrogen) atoms. The second-order valence-corrected chi connectivity index (χ2v) is 6.02. The highest BCUT2D eigenvalue weighted by Gasteiger charge is 2.31. The molecule has 0 saturated carbocycles. The average molecular weight is 360 g/mol. The van der Waals surface area contributed by atoms with Gasteiger partial charge in [-0.05, 0) is 24.1 Å². The fraction of sp³-hybridized carbons (Fsp3) is 0.263. The van der Waals surface area contributed by atoms with E-state index in [9.17, 15) is 9.59 Å². The van der Waals surface area contributed by atoms with E-state index in [4.69, 9.17) is 5.73 Å². The lowest BCUT2D eigenvalue weighted by molar-refractivity contribution is -0.132. The van der Waals surface area contributed by atoms with E-state index < -0.39 is 6.04 Å². The molecule has 2 aromatic rings. The topological polar surface area (TPSA) is 75.4 Å². The van der Waals surface area contributed by atoms with E-state index in [2.05, 4.69) is 5.32 Å². The van der Waals surface area contributed by atoms with Crippen LogP contribution in [0.25, 0.3) is 0 Å². The van der Waals surface area contributed by atoms with E-state index in [1.807, 2.05) is 36.4 Å². The Kier molecular flexibility index (Phi) is 6.56. The molecular weight excluding hydrogens is 338 g/mol. The lowest BCUT2D eigenvalue weighted by Gasteiger charge is -2.24. The van der Waals surface area contributed by atoms with Gasteiger partial charge in [0.25, 0.3) is 5.91 Å². The molecule has 132 valence electrons. The number of nitrogens with one attached hydrogen (secondary N) is 1. The first kappa shape index (κ1) is 19.0. The van der Waals surface area contributed by atoms with Gasteiger partial charge in [-0.1, -0.05) is 48.5 Å². The van der Waals surface area contributed by atoms with Crippen LogP contribution in [-0.4, -0.2) is 35.8 Å². The summed E-state index contributed by atoms with van der Waals surface area (Å²) in [5.41, 5.74) is 7.22. The molecule has 0 aromatic heterocycles. The van der Waals surface area contributed by atoms with Crippen LogP contribution in [0.15, 0.2) is 60.7 Å². The Morgan fingerprint density at radius 2 is 1.64 bits per heavy atom. The van der Waals surface area contributed by atoms with Crippen LogP contribution in [-0.2, 0) is 4.79 Å². The van der Waals surface area contributed by atoms with Crippen LogP contribution in [0, 0.1) is 0 Å². The Labute approximate surface area is 153 Å². The van der Waals surface area contributed by atoms with E-state index in [1.165, 1.54) is 0 Å². The third-order valence-corrected chi connectivity index (χ3v) is 4.23. The summed E-state index contributed by atoms with van der Waals surface area (Å²) in [4.78, 5) is 27.1. The van der Waals surface area contributed by atoms with Gasteiger partial charge < -0.3 is 16.0 Å². The number of benzene rings is 2. The number of hydrogen-bond donors (Lipinski definition) is 2. The van der Waals surface area contributed by atoms with Gasteiger partial charge >= 0.3 is 0 Å². The summed E-state index contributed by atoms with van der Waals surface area (Å²) in [5.74, 6) is -0.375. The maximum atomic E-state index is 12.9. The van der Waals surface area contributed by atoms with Gasteiger partial charge in [0.1, 0.15) is 6.04 Å². The fourth-order valence-electron chi connectivity index (χ4n) is 2.91. The molecule has 0 aliphatic carbocycles. The Bertz CT molecular complexity index is 709. The number of nitrogens with two attached hydrogens (primary N) is 1. The summed E-state index contributed by atoms with van der Waals surface area (Å²) < 4.78 is 0. The second-order valence-electron chi connectivity index (χ2n) is 6.02. The number of halogens is 1. The first-order chi connectivity index (χ1) is 11.6. The molecule has 6 heteroatoms. The molecule has 2 amide bonds. The minimum atomic E-state index is -0.704. The van der Waals surface area contributed by atoms with Crippen LogP contribution in [0.4, 0.5) is 0 Å². The highest BCUT2D eigenvalue weighted by Crippen LogP contribution is 2.19. The Hall–Kier alpha value is -2.37. The lowest BCUT2D eigenvalue weighted by Crippen LogP contribution is -2.42. The van der Waals surface area contributed by atoms with E-state index >= 15 is 0 Å². The van der Waals surface area contributed by atoms with Crippen molar-refractivity contribution < 1.29 is 9.59 Å². The molecule has 2 aromatic carbocycles. The zero-order valence-electron chi connectivity index (χ0n) is 13.8. The first-order valence-electron chi connectivity index (χ1n) is 8.10. The Morgan fingerprint density at radius 3 is 2.20 bits per heavy atom. The minimum absolute atomic E-state index is 0. The molecule has 0 spiro atoms. The molecule has 1 saturated heterocycles. The third kappa shape index (κ3) is 4.59. The second kappa shape index (κ2) is 8.65. The third-order valence-electron chi connectivity index (χ3n) is 4.23. The van der Waals surface area contributed by atoms with Crippen molar-refractivity contribution in [2.24, 2.45) is 5.73 Å². The van der Waals surface area contributed by atoms with Crippen molar-refractivity contribution in [1.82, 2.24) is 10.2 Å². The van der Waals surface area contributed by atoms with E-state index in [0.29, 0.717) is 18.7 Å². The molecule has 2 atom stereocenters. The predicted molar refractivity (Wildman–Crippen MR) is 99.5 cm³/mol. The van der Waals surface area contributed by atoms with Gasteiger partial charge in [0.05, 0.1) is 0 Å². The fourth-order valence-corrected chi connectivity index (χ4v) is 2.91. The normalized spacial score (nSPS) is 17.5. The average Bonchev–Trinajstić information content (AvgIpc) is 3.07. The molecule has 1 unspecified atom stereocenters. The highest BCUT2D eigenvalue weighted by molar-refractivity contribution is 5.97. The molecule has 3 rings (SSSR count). The van der Waals surface area contributed by atoms with Crippen molar-refractivity contribution >= 4 is 24.2 Å². The number of carbonyl (C=O) groups is 2. The largest absolute Gasteiger partial charge is 0.339 e. The number of likely N-dealkylation sites (tertiary alicyclic amines) is 1. The summed E-state index contributed by atoms with van der Waals surface area (Å²) in [7, 11) is 0. The van der Waals surface area contributed by atoms with Gasteiger partial charge in [-0.15, -0.1) is 12.4 Å². The lowest BCUT2D eigenvalue weighted by atomic mass is 10.0. The van der Waals surface area contributed by atoms with Crippen molar-refractivity contribution in [3.05, 3.63) is 71.8 Å².